The third-order valence-electron chi connectivity index (χ3n) is 3.65. The molecule has 0 saturated carbocycles. The van der Waals surface area contributed by atoms with Crippen LogP contribution in [0.2, 0.25) is 5.02 Å². The molecule has 0 spiro atoms. The van der Waals surface area contributed by atoms with E-state index in [0.29, 0.717) is 27.9 Å². The van der Waals surface area contributed by atoms with Crippen molar-refractivity contribution in [2.24, 2.45) is 0 Å². The number of oxazole rings is 1. The molecule has 2 heterocycles. The zero-order valence-electron chi connectivity index (χ0n) is 13.2. The number of hydrogen-bond donors (Lipinski definition) is 1. The molecular formula is C18H13ClN4O2. The first-order valence-corrected chi connectivity index (χ1v) is 7.96. The zero-order chi connectivity index (χ0) is 17.4. The standard InChI is InChI=1S/C18H13ClN4O2/c1-11-20-15-6-5-13(10-17(15)25-11)21-18(24)16-7-8-23(22-16)14-4-2-3-12(19)9-14/h2-10H,1H3,(H,21,24). The fourth-order valence-electron chi connectivity index (χ4n) is 2.52. The topological polar surface area (TPSA) is 73.0 Å². The highest BCUT2D eigenvalue weighted by Gasteiger charge is 2.12. The van der Waals surface area contributed by atoms with Crippen molar-refractivity contribution in [3.05, 3.63) is 71.3 Å². The molecule has 0 aliphatic rings. The molecule has 7 heteroatoms. The van der Waals surface area contributed by atoms with Crippen LogP contribution in [0.3, 0.4) is 0 Å². The Bertz CT molecular complexity index is 1080. The van der Waals surface area contributed by atoms with Gasteiger partial charge >= 0.3 is 0 Å². The molecule has 1 N–H and O–H groups in total. The van der Waals surface area contributed by atoms with E-state index < -0.39 is 0 Å². The average molecular weight is 353 g/mol. The summed E-state index contributed by atoms with van der Waals surface area (Å²) in [5, 5.41) is 7.71. The number of fused-ring (bicyclic) bond motifs is 1. The molecule has 2 aromatic carbocycles. The van der Waals surface area contributed by atoms with Gasteiger partial charge in [-0.15, -0.1) is 0 Å². The van der Waals surface area contributed by atoms with Gasteiger partial charge in [0.25, 0.3) is 5.91 Å². The molecule has 2 aromatic heterocycles. The van der Waals surface area contributed by atoms with E-state index in [-0.39, 0.29) is 5.91 Å². The minimum atomic E-state index is -0.309. The normalized spacial score (nSPS) is 11.0. The molecule has 4 rings (SSSR count). The van der Waals surface area contributed by atoms with Gasteiger partial charge in [0.05, 0.1) is 5.69 Å². The van der Waals surface area contributed by atoms with Crippen molar-refractivity contribution in [2.45, 2.75) is 6.92 Å². The van der Waals surface area contributed by atoms with Crippen molar-refractivity contribution >= 4 is 34.3 Å². The van der Waals surface area contributed by atoms with E-state index in [0.717, 1.165) is 11.2 Å². The van der Waals surface area contributed by atoms with Gasteiger partial charge in [-0.05, 0) is 36.4 Å². The van der Waals surface area contributed by atoms with Crippen LogP contribution in [0.1, 0.15) is 16.4 Å². The van der Waals surface area contributed by atoms with Crippen LogP contribution in [0.5, 0.6) is 0 Å². The van der Waals surface area contributed by atoms with Gasteiger partial charge in [0.2, 0.25) is 0 Å². The predicted octanol–water partition coefficient (Wildman–Crippen LogP) is 4.23. The monoisotopic (exact) mass is 352 g/mol. The number of carbonyl (C=O) groups excluding carboxylic acids is 1. The molecule has 4 aromatic rings. The van der Waals surface area contributed by atoms with Gasteiger partial charge in [0.15, 0.2) is 17.2 Å². The van der Waals surface area contributed by atoms with Gasteiger partial charge in [-0.1, -0.05) is 17.7 Å². The highest BCUT2D eigenvalue weighted by Crippen LogP contribution is 2.20. The number of aromatic nitrogens is 3. The van der Waals surface area contributed by atoms with Crippen LogP contribution in [-0.2, 0) is 0 Å². The number of nitrogens with one attached hydrogen (secondary N) is 1. The van der Waals surface area contributed by atoms with E-state index in [1.54, 1.807) is 54.2 Å². The molecule has 0 unspecified atom stereocenters. The second-order valence-electron chi connectivity index (χ2n) is 5.49. The van der Waals surface area contributed by atoms with Gasteiger partial charge in [0.1, 0.15) is 5.52 Å². The molecule has 6 nitrogen and oxygen atoms in total. The summed E-state index contributed by atoms with van der Waals surface area (Å²) >= 11 is 5.99. The fourth-order valence-corrected chi connectivity index (χ4v) is 2.70. The van der Waals surface area contributed by atoms with E-state index >= 15 is 0 Å². The summed E-state index contributed by atoms with van der Waals surface area (Å²) in [5.74, 6) is 0.273. The number of anilines is 1. The van der Waals surface area contributed by atoms with Gasteiger partial charge in [0, 0.05) is 29.9 Å². The Morgan fingerprint density at radius 1 is 1.20 bits per heavy atom. The number of hydrogen-bond acceptors (Lipinski definition) is 4. The van der Waals surface area contributed by atoms with Crippen LogP contribution in [0, 0.1) is 6.92 Å². The maximum atomic E-state index is 12.4. The van der Waals surface area contributed by atoms with E-state index in [2.05, 4.69) is 15.4 Å². The number of carbonyl (C=O) groups is 1. The highest BCUT2D eigenvalue weighted by atomic mass is 35.5. The summed E-state index contributed by atoms with van der Waals surface area (Å²) in [6.45, 7) is 1.78. The van der Waals surface area contributed by atoms with Gasteiger partial charge in [-0.3, -0.25) is 4.79 Å². The average Bonchev–Trinajstić information content (AvgIpc) is 3.20. The van der Waals surface area contributed by atoms with Gasteiger partial charge in [-0.2, -0.15) is 5.10 Å². The van der Waals surface area contributed by atoms with Crippen LogP contribution in [-0.4, -0.2) is 20.7 Å². The van der Waals surface area contributed by atoms with Gasteiger partial charge < -0.3 is 9.73 Å². The Hall–Kier alpha value is -3.12. The third-order valence-corrected chi connectivity index (χ3v) is 3.88. The molecule has 0 fully saturated rings. The summed E-state index contributed by atoms with van der Waals surface area (Å²) in [6.07, 6.45) is 1.71. The third kappa shape index (κ3) is 3.12. The second kappa shape index (κ2) is 6.07. The number of halogens is 1. The quantitative estimate of drug-likeness (QED) is 0.599. The first-order chi connectivity index (χ1) is 12.1. The summed E-state index contributed by atoms with van der Waals surface area (Å²) in [7, 11) is 0. The van der Waals surface area contributed by atoms with Crippen LogP contribution in [0.25, 0.3) is 16.8 Å². The molecule has 124 valence electrons. The van der Waals surface area contributed by atoms with Crippen molar-refractivity contribution in [3.63, 3.8) is 0 Å². The van der Waals surface area contributed by atoms with Crippen LogP contribution < -0.4 is 5.32 Å². The van der Waals surface area contributed by atoms with Crippen molar-refractivity contribution in [1.82, 2.24) is 14.8 Å². The Balaban J connectivity index is 1.56. The lowest BCUT2D eigenvalue weighted by Gasteiger charge is -2.03. The lowest BCUT2D eigenvalue weighted by Crippen LogP contribution is -2.13. The van der Waals surface area contributed by atoms with E-state index in [1.807, 2.05) is 12.1 Å². The van der Waals surface area contributed by atoms with Crippen molar-refractivity contribution in [1.29, 1.82) is 0 Å². The Labute approximate surface area is 148 Å². The summed E-state index contributed by atoms with van der Waals surface area (Å²) in [4.78, 5) is 16.6. The first kappa shape index (κ1) is 15.4. The number of aryl methyl sites for hydroxylation is 1. The molecular weight excluding hydrogens is 340 g/mol. The molecule has 0 atom stereocenters. The molecule has 0 bridgehead atoms. The van der Waals surface area contributed by atoms with E-state index in [1.165, 1.54) is 0 Å². The van der Waals surface area contributed by atoms with Crippen molar-refractivity contribution < 1.29 is 9.21 Å². The smallest absolute Gasteiger partial charge is 0.276 e. The SMILES string of the molecule is Cc1nc2ccc(NC(=O)c3ccn(-c4cccc(Cl)c4)n3)cc2o1. The summed E-state index contributed by atoms with van der Waals surface area (Å²) in [6, 6.07) is 14.2. The molecule has 0 aliphatic carbocycles. The Kier molecular flexibility index (Phi) is 3.74. The Morgan fingerprint density at radius 3 is 2.92 bits per heavy atom. The van der Waals surface area contributed by atoms with Crippen LogP contribution in [0.15, 0.2) is 59.1 Å². The minimum absolute atomic E-state index is 0.300. The summed E-state index contributed by atoms with van der Waals surface area (Å²) in [5.41, 5.74) is 3.07. The molecule has 1 amide bonds. The van der Waals surface area contributed by atoms with Gasteiger partial charge in [-0.25, -0.2) is 9.67 Å². The largest absolute Gasteiger partial charge is 0.441 e. The Morgan fingerprint density at radius 2 is 2.08 bits per heavy atom. The lowest BCUT2D eigenvalue weighted by atomic mass is 10.3. The van der Waals surface area contributed by atoms with Crippen LogP contribution >= 0.6 is 11.6 Å². The predicted molar refractivity (Wildman–Crippen MR) is 95.3 cm³/mol. The zero-order valence-corrected chi connectivity index (χ0v) is 14.0. The number of benzene rings is 2. The fraction of sp³-hybridized carbons (Fsp3) is 0.0556. The van der Waals surface area contributed by atoms with Crippen LogP contribution in [0.4, 0.5) is 5.69 Å². The lowest BCUT2D eigenvalue weighted by molar-refractivity contribution is 0.102. The second-order valence-corrected chi connectivity index (χ2v) is 5.93. The minimum Gasteiger partial charge on any atom is -0.441 e. The van der Waals surface area contributed by atoms with Crippen molar-refractivity contribution in [2.75, 3.05) is 5.32 Å². The molecule has 0 radical (unpaired) electrons. The number of amides is 1. The number of nitrogens with zero attached hydrogens (tertiary/aromatic N) is 3. The first-order valence-electron chi connectivity index (χ1n) is 7.59. The molecule has 25 heavy (non-hydrogen) atoms. The molecule has 0 saturated heterocycles. The van der Waals surface area contributed by atoms with Crippen molar-refractivity contribution in [3.8, 4) is 5.69 Å². The maximum absolute atomic E-state index is 12.4. The summed E-state index contributed by atoms with van der Waals surface area (Å²) < 4.78 is 7.08. The number of rotatable bonds is 3. The van der Waals surface area contributed by atoms with E-state index in [4.69, 9.17) is 16.0 Å². The maximum Gasteiger partial charge on any atom is 0.276 e. The molecule has 0 aliphatic heterocycles. The highest BCUT2D eigenvalue weighted by molar-refractivity contribution is 6.30. The van der Waals surface area contributed by atoms with E-state index in [9.17, 15) is 4.79 Å².